The number of aryl methyl sites for hydroxylation is 1. The summed E-state index contributed by atoms with van der Waals surface area (Å²) in [7, 11) is 6.55. The number of nitrogens with one attached hydrogen (secondary N) is 1. The molecule has 0 aromatic carbocycles. The van der Waals surface area contributed by atoms with Crippen molar-refractivity contribution in [3.63, 3.8) is 0 Å². The van der Waals surface area contributed by atoms with E-state index in [1.807, 2.05) is 0 Å². The molecule has 1 saturated carbocycles. The molecule has 21 heavy (non-hydrogen) atoms. The lowest BCUT2D eigenvalue weighted by atomic mass is 9.74. The number of hydrogen-bond acceptors (Lipinski definition) is 4. The predicted octanol–water partition coefficient (Wildman–Crippen LogP) is 2.08. The van der Waals surface area contributed by atoms with Crippen LogP contribution in [-0.4, -0.2) is 52.4 Å². The Morgan fingerprint density at radius 1 is 1.33 bits per heavy atom. The minimum atomic E-state index is 0.246. The molecule has 0 aliphatic heterocycles. The first-order chi connectivity index (χ1) is 10.1. The van der Waals surface area contributed by atoms with E-state index in [9.17, 15) is 0 Å². The molecule has 2 rings (SSSR count). The van der Waals surface area contributed by atoms with Crippen LogP contribution in [0.2, 0.25) is 0 Å². The van der Waals surface area contributed by atoms with Crippen LogP contribution in [0, 0.1) is 0 Å². The zero-order valence-corrected chi connectivity index (χ0v) is 14.1. The van der Waals surface area contributed by atoms with Gasteiger partial charge in [0.25, 0.3) is 0 Å². The summed E-state index contributed by atoms with van der Waals surface area (Å²) in [4.78, 5) is 6.94. The molecule has 0 saturated heterocycles. The highest BCUT2D eigenvalue weighted by atomic mass is 15.3. The van der Waals surface area contributed by atoms with Crippen LogP contribution in [-0.2, 0) is 13.0 Å². The monoisotopic (exact) mass is 293 g/mol. The van der Waals surface area contributed by atoms with Gasteiger partial charge in [0, 0.05) is 24.5 Å². The van der Waals surface area contributed by atoms with Crippen LogP contribution in [0.15, 0.2) is 6.33 Å². The number of hydrogen-bond donors (Lipinski definition) is 1. The first-order valence-electron chi connectivity index (χ1n) is 8.35. The lowest BCUT2D eigenvalue weighted by Crippen LogP contribution is -2.60. The van der Waals surface area contributed by atoms with E-state index in [1.165, 1.54) is 32.1 Å². The zero-order valence-electron chi connectivity index (χ0n) is 14.1. The third-order valence-electron chi connectivity index (χ3n) is 5.12. The van der Waals surface area contributed by atoms with E-state index in [0.717, 1.165) is 25.2 Å². The van der Waals surface area contributed by atoms with E-state index in [-0.39, 0.29) is 5.54 Å². The molecule has 1 aliphatic carbocycles. The number of likely N-dealkylation sites (N-methyl/N-ethyl adjacent to an activating group) is 2. The van der Waals surface area contributed by atoms with Crippen LogP contribution in [0.4, 0.5) is 0 Å². The second kappa shape index (κ2) is 7.36. The zero-order chi connectivity index (χ0) is 15.3. The Balaban J connectivity index is 2.18. The summed E-state index contributed by atoms with van der Waals surface area (Å²) in [5, 5.41) is 7.95. The van der Waals surface area contributed by atoms with Gasteiger partial charge in [0.2, 0.25) is 0 Å². The largest absolute Gasteiger partial charge is 0.315 e. The maximum Gasteiger partial charge on any atom is 0.138 e. The van der Waals surface area contributed by atoms with Gasteiger partial charge in [-0.25, -0.2) is 4.98 Å². The number of rotatable bonds is 7. The number of aromatic nitrogens is 3. The van der Waals surface area contributed by atoms with Gasteiger partial charge in [0.05, 0.1) is 0 Å². The van der Waals surface area contributed by atoms with Gasteiger partial charge in [-0.05, 0) is 40.4 Å². The lowest BCUT2D eigenvalue weighted by molar-refractivity contribution is 0.0586. The molecule has 0 radical (unpaired) electrons. The molecule has 1 aromatic heterocycles. The lowest BCUT2D eigenvalue weighted by Gasteiger charge is -2.48. The fraction of sp³-hybridized carbons (Fsp3) is 0.875. The summed E-state index contributed by atoms with van der Waals surface area (Å²) in [6, 6.07) is 0.424. The maximum atomic E-state index is 4.50. The molecule has 0 bridgehead atoms. The molecule has 5 nitrogen and oxygen atoms in total. The minimum Gasteiger partial charge on any atom is -0.315 e. The van der Waals surface area contributed by atoms with Crippen molar-refractivity contribution in [1.29, 1.82) is 0 Å². The fourth-order valence-corrected chi connectivity index (χ4v) is 3.86. The molecular formula is C16H31N5. The van der Waals surface area contributed by atoms with Crippen molar-refractivity contribution in [3.8, 4) is 0 Å². The van der Waals surface area contributed by atoms with Gasteiger partial charge in [0.1, 0.15) is 12.2 Å². The van der Waals surface area contributed by atoms with Gasteiger partial charge >= 0.3 is 0 Å². The van der Waals surface area contributed by atoms with E-state index < -0.39 is 0 Å². The average Bonchev–Trinajstić information content (AvgIpc) is 2.93. The Kier molecular flexibility index (Phi) is 5.76. The second-order valence-electron chi connectivity index (χ2n) is 6.50. The molecule has 1 aliphatic rings. The highest BCUT2D eigenvalue weighted by Gasteiger charge is 2.41. The standard InChI is InChI=1S/C16H31N5/c1-5-11-21-15(18-13-19-21)12-14(17-2)16(20(3)4)9-7-6-8-10-16/h13-14,17H,5-12H2,1-4H3. The van der Waals surface area contributed by atoms with Crippen molar-refractivity contribution in [2.75, 3.05) is 21.1 Å². The molecule has 1 unspecified atom stereocenters. The first kappa shape index (κ1) is 16.4. The van der Waals surface area contributed by atoms with E-state index in [4.69, 9.17) is 0 Å². The Hall–Kier alpha value is -0.940. The summed E-state index contributed by atoms with van der Waals surface area (Å²) >= 11 is 0. The normalized spacial score (nSPS) is 19.9. The van der Waals surface area contributed by atoms with Crippen LogP contribution in [0.5, 0.6) is 0 Å². The summed E-state index contributed by atoms with van der Waals surface area (Å²) in [5.74, 6) is 1.11. The van der Waals surface area contributed by atoms with E-state index >= 15 is 0 Å². The van der Waals surface area contributed by atoms with Crippen molar-refractivity contribution in [1.82, 2.24) is 25.0 Å². The Labute approximate surface area is 129 Å². The van der Waals surface area contributed by atoms with Crippen molar-refractivity contribution in [3.05, 3.63) is 12.2 Å². The van der Waals surface area contributed by atoms with Gasteiger partial charge in [0.15, 0.2) is 0 Å². The van der Waals surface area contributed by atoms with Gasteiger partial charge in [-0.3, -0.25) is 4.68 Å². The van der Waals surface area contributed by atoms with Crippen LogP contribution >= 0.6 is 0 Å². The molecule has 5 heteroatoms. The molecule has 1 N–H and O–H groups in total. The van der Waals surface area contributed by atoms with Crippen LogP contribution in [0.1, 0.15) is 51.3 Å². The molecule has 0 amide bonds. The van der Waals surface area contributed by atoms with Crippen molar-refractivity contribution >= 4 is 0 Å². The average molecular weight is 293 g/mol. The Morgan fingerprint density at radius 2 is 2.05 bits per heavy atom. The Bertz CT molecular complexity index is 420. The molecule has 1 heterocycles. The molecule has 120 valence electrons. The van der Waals surface area contributed by atoms with Crippen molar-refractivity contribution in [2.24, 2.45) is 0 Å². The van der Waals surface area contributed by atoms with Gasteiger partial charge in [-0.2, -0.15) is 5.10 Å². The van der Waals surface area contributed by atoms with Crippen LogP contribution < -0.4 is 5.32 Å². The summed E-state index contributed by atoms with van der Waals surface area (Å²) in [6.07, 6.45) is 10.3. The van der Waals surface area contributed by atoms with Crippen LogP contribution in [0.3, 0.4) is 0 Å². The molecule has 0 spiro atoms. The summed E-state index contributed by atoms with van der Waals surface area (Å²) in [6.45, 7) is 3.14. The predicted molar refractivity (Wildman–Crippen MR) is 86.4 cm³/mol. The van der Waals surface area contributed by atoms with E-state index in [2.05, 4.69) is 53.0 Å². The fourth-order valence-electron chi connectivity index (χ4n) is 3.86. The quantitative estimate of drug-likeness (QED) is 0.836. The summed E-state index contributed by atoms with van der Waals surface area (Å²) in [5.41, 5.74) is 0.246. The second-order valence-corrected chi connectivity index (χ2v) is 6.50. The van der Waals surface area contributed by atoms with E-state index in [1.54, 1.807) is 6.33 Å². The van der Waals surface area contributed by atoms with Gasteiger partial charge in [-0.1, -0.05) is 26.2 Å². The first-order valence-corrected chi connectivity index (χ1v) is 8.35. The third-order valence-corrected chi connectivity index (χ3v) is 5.12. The maximum absolute atomic E-state index is 4.50. The number of nitrogens with zero attached hydrogens (tertiary/aromatic N) is 4. The van der Waals surface area contributed by atoms with Gasteiger partial charge in [-0.15, -0.1) is 0 Å². The minimum absolute atomic E-state index is 0.246. The topological polar surface area (TPSA) is 46.0 Å². The summed E-state index contributed by atoms with van der Waals surface area (Å²) < 4.78 is 2.07. The molecule has 1 aromatic rings. The van der Waals surface area contributed by atoms with Crippen molar-refractivity contribution < 1.29 is 0 Å². The van der Waals surface area contributed by atoms with Gasteiger partial charge < -0.3 is 10.2 Å². The third kappa shape index (κ3) is 3.46. The SMILES string of the molecule is CCCn1ncnc1CC(NC)C1(N(C)C)CCCCC1. The smallest absolute Gasteiger partial charge is 0.138 e. The molecular weight excluding hydrogens is 262 g/mol. The highest BCUT2D eigenvalue weighted by molar-refractivity contribution is 5.04. The highest BCUT2D eigenvalue weighted by Crippen LogP contribution is 2.36. The molecule has 1 fully saturated rings. The van der Waals surface area contributed by atoms with Crippen LogP contribution in [0.25, 0.3) is 0 Å². The van der Waals surface area contributed by atoms with E-state index in [0.29, 0.717) is 6.04 Å². The molecule has 1 atom stereocenters. The van der Waals surface area contributed by atoms with Crippen molar-refractivity contribution in [2.45, 2.75) is 70.0 Å². The Morgan fingerprint density at radius 3 is 2.62 bits per heavy atom.